The molecule has 0 saturated carbocycles. The van der Waals surface area contributed by atoms with Gasteiger partial charge in [-0.05, 0) is 37.2 Å². The number of carbonyl (C=O) groups is 1. The van der Waals surface area contributed by atoms with Crippen molar-refractivity contribution in [2.24, 2.45) is 0 Å². The molecule has 220 valence electrons. The summed E-state index contributed by atoms with van der Waals surface area (Å²) in [5.41, 5.74) is 0.672. The van der Waals surface area contributed by atoms with Crippen molar-refractivity contribution in [3.63, 3.8) is 0 Å². The summed E-state index contributed by atoms with van der Waals surface area (Å²) in [6.07, 6.45) is 3.17. The minimum absolute atomic E-state index is 0.00989. The van der Waals surface area contributed by atoms with Crippen molar-refractivity contribution in [2.45, 2.75) is 33.0 Å². The number of rotatable bonds is 8. The molecule has 1 aliphatic rings. The average Bonchev–Trinajstić information content (AvgIpc) is 3.57. The van der Waals surface area contributed by atoms with Crippen LogP contribution < -0.4 is 5.32 Å². The number of benzene rings is 1. The van der Waals surface area contributed by atoms with Gasteiger partial charge in [0, 0.05) is 50.5 Å². The lowest BCUT2D eigenvalue weighted by Gasteiger charge is -2.34. The lowest BCUT2D eigenvalue weighted by atomic mass is 10.0. The topological polar surface area (TPSA) is 83.6 Å². The number of alkyl halides is 3. The number of hydrogen-bond donors (Lipinski definition) is 1. The van der Waals surface area contributed by atoms with Gasteiger partial charge in [-0.15, -0.1) is 0 Å². The molecule has 4 aromatic rings. The number of carbonyl (C=O) groups excluding carboxylic acids is 1. The first-order valence-corrected chi connectivity index (χ1v) is 13.4. The fraction of sp³-hybridized carbons (Fsp3) is 0.310. The maximum absolute atomic E-state index is 15.3. The van der Waals surface area contributed by atoms with Crippen molar-refractivity contribution in [2.75, 3.05) is 31.5 Å². The molecule has 4 heterocycles. The van der Waals surface area contributed by atoms with E-state index >= 15 is 4.39 Å². The fourth-order valence-corrected chi connectivity index (χ4v) is 4.94. The third kappa shape index (κ3) is 5.58. The van der Waals surface area contributed by atoms with E-state index in [0.29, 0.717) is 43.9 Å². The van der Waals surface area contributed by atoms with Crippen LogP contribution in [0.3, 0.4) is 0 Å². The highest BCUT2D eigenvalue weighted by Crippen LogP contribution is 2.37. The van der Waals surface area contributed by atoms with Gasteiger partial charge in [0.2, 0.25) is 0 Å². The molecule has 0 unspecified atom stereocenters. The van der Waals surface area contributed by atoms with Gasteiger partial charge in [-0.1, -0.05) is 25.7 Å². The van der Waals surface area contributed by atoms with Crippen molar-refractivity contribution in [3.8, 4) is 11.3 Å². The second-order valence-corrected chi connectivity index (χ2v) is 10.1. The fourth-order valence-electron chi connectivity index (χ4n) is 4.94. The Morgan fingerprint density at radius 2 is 1.90 bits per heavy atom. The van der Waals surface area contributed by atoms with Crippen molar-refractivity contribution in [3.05, 3.63) is 84.5 Å². The van der Waals surface area contributed by atoms with Crippen LogP contribution >= 0.6 is 0 Å². The predicted octanol–water partition coefficient (Wildman–Crippen LogP) is 5.67. The van der Waals surface area contributed by atoms with Crippen LogP contribution in [0.1, 0.15) is 35.0 Å². The second kappa shape index (κ2) is 11.3. The predicted molar refractivity (Wildman–Crippen MR) is 151 cm³/mol. The van der Waals surface area contributed by atoms with Crippen molar-refractivity contribution in [1.29, 1.82) is 0 Å². The SMILES string of the molecule is C=CN1CCN(C(=O)c2c(C)cc(Nc3nccn4c(-c5cn(CC(=C)CC)nc5C(F)(F)F)cnc34)cc2F)CC1. The van der Waals surface area contributed by atoms with E-state index in [1.807, 2.05) is 11.8 Å². The van der Waals surface area contributed by atoms with Crippen LogP contribution in [-0.2, 0) is 12.7 Å². The Morgan fingerprint density at radius 3 is 2.55 bits per heavy atom. The third-order valence-electron chi connectivity index (χ3n) is 7.24. The van der Waals surface area contributed by atoms with E-state index in [1.165, 1.54) is 39.9 Å². The molecule has 1 aliphatic heterocycles. The number of amides is 1. The highest BCUT2D eigenvalue weighted by Gasteiger charge is 2.38. The number of aromatic nitrogens is 5. The Kier molecular flexibility index (Phi) is 7.76. The zero-order valence-electron chi connectivity index (χ0n) is 23.2. The minimum Gasteiger partial charge on any atom is -0.374 e. The molecular weight excluding hydrogens is 552 g/mol. The van der Waals surface area contributed by atoms with Gasteiger partial charge in [-0.25, -0.2) is 14.4 Å². The van der Waals surface area contributed by atoms with Crippen LogP contribution in [-0.4, -0.2) is 66.0 Å². The van der Waals surface area contributed by atoms with Gasteiger partial charge in [0.1, 0.15) is 5.82 Å². The zero-order chi connectivity index (χ0) is 30.2. The standard InChI is InChI=1S/C29H30F4N8O/c1-5-18(3)16-40-17-21(25(37-40)29(31,32)33)23-15-35-27-26(34-7-8-41(23)27)36-20-13-19(4)24(22(30)14-20)28(42)39-11-9-38(6-2)10-12-39/h6-8,13-15,17H,2-3,5,9-12,16H2,1,4H3,(H,34,36). The van der Waals surface area contributed by atoms with Gasteiger partial charge in [0.25, 0.3) is 5.91 Å². The summed E-state index contributed by atoms with van der Waals surface area (Å²) in [6.45, 7) is 13.4. The summed E-state index contributed by atoms with van der Waals surface area (Å²) in [5.74, 6) is -0.884. The summed E-state index contributed by atoms with van der Waals surface area (Å²) in [4.78, 5) is 25.3. The maximum Gasteiger partial charge on any atom is 0.435 e. The van der Waals surface area contributed by atoms with E-state index in [0.717, 1.165) is 5.57 Å². The highest BCUT2D eigenvalue weighted by molar-refractivity contribution is 5.96. The first kappa shape index (κ1) is 28.8. The number of nitrogens with one attached hydrogen (secondary N) is 1. The Balaban J connectivity index is 1.45. The lowest BCUT2D eigenvalue weighted by Crippen LogP contribution is -2.47. The van der Waals surface area contributed by atoms with Crippen LogP contribution in [0.2, 0.25) is 0 Å². The number of halogens is 4. The highest BCUT2D eigenvalue weighted by atomic mass is 19.4. The Bertz CT molecular complexity index is 1640. The van der Waals surface area contributed by atoms with Gasteiger partial charge in [-0.3, -0.25) is 13.9 Å². The number of aryl methyl sites for hydroxylation is 1. The van der Waals surface area contributed by atoms with Gasteiger partial charge >= 0.3 is 6.18 Å². The molecule has 0 radical (unpaired) electrons. The largest absolute Gasteiger partial charge is 0.435 e. The van der Waals surface area contributed by atoms with E-state index < -0.39 is 17.7 Å². The van der Waals surface area contributed by atoms with Crippen LogP contribution in [0.15, 0.2) is 61.9 Å². The minimum atomic E-state index is -4.69. The molecule has 1 aromatic carbocycles. The van der Waals surface area contributed by atoms with Crippen LogP contribution in [0.4, 0.5) is 29.1 Å². The number of anilines is 2. The molecule has 1 N–H and O–H groups in total. The van der Waals surface area contributed by atoms with E-state index in [2.05, 4.69) is 33.5 Å². The Labute approximate surface area is 239 Å². The summed E-state index contributed by atoms with van der Waals surface area (Å²) < 4.78 is 59.8. The number of piperazine rings is 1. The van der Waals surface area contributed by atoms with E-state index in [1.54, 1.807) is 24.1 Å². The monoisotopic (exact) mass is 582 g/mol. The maximum atomic E-state index is 15.3. The number of allylic oxidation sites excluding steroid dienone is 1. The molecule has 1 fully saturated rings. The summed E-state index contributed by atoms with van der Waals surface area (Å²) in [7, 11) is 0. The van der Waals surface area contributed by atoms with E-state index in [-0.39, 0.29) is 40.7 Å². The third-order valence-corrected chi connectivity index (χ3v) is 7.24. The summed E-state index contributed by atoms with van der Waals surface area (Å²) in [6, 6.07) is 2.82. The van der Waals surface area contributed by atoms with Crippen molar-refractivity contribution in [1.82, 2.24) is 33.9 Å². The summed E-state index contributed by atoms with van der Waals surface area (Å²) >= 11 is 0. The zero-order valence-corrected chi connectivity index (χ0v) is 23.2. The van der Waals surface area contributed by atoms with Gasteiger partial charge in [0.15, 0.2) is 17.2 Å². The molecule has 13 heteroatoms. The van der Waals surface area contributed by atoms with Crippen LogP contribution in [0.5, 0.6) is 0 Å². The number of hydrogen-bond acceptors (Lipinski definition) is 6. The van der Waals surface area contributed by atoms with Crippen LogP contribution in [0.25, 0.3) is 16.9 Å². The van der Waals surface area contributed by atoms with Crippen LogP contribution in [0, 0.1) is 12.7 Å². The number of imidazole rings is 1. The molecule has 0 aliphatic carbocycles. The Hall–Kier alpha value is -4.68. The molecule has 0 atom stereocenters. The molecule has 5 rings (SSSR count). The quantitative estimate of drug-likeness (QED) is 0.213. The average molecular weight is 583 g/mol. The number of fused-ring (bicyclic) bond motifs is 1. The first-order valence-electron chi connectivity index (χ1n) is 13.4. The molecular formula is C29H30F4N8O. The van der Waals surface area contributed by atoms with Gasteiger partial charge in [0.05, 0.1) is 29.6 Å². The molecule has 9 nitrogen and oxygen atoms in total. The number of nitrogens with zero attached hydrogens (tertiary/aromatic N) is 7. The Morgan fingerprint density at radius 1 is 1.17 bits per heavy atom. The molecule has 1 amide bonds. The van der Waals surface area contributed by atoms with Gasteiger partial charge in [-0.2, -0.15) is 18.3 Å². The molecule has 42 heavy (non-hydrogen) atoms. The van der Waals surface area contributed by atoms with Crippen molar-refractivity contribution >= 4 is 23.1 Å². The smallest absolute Gasteiger partial charge is 0.374 e. The molecule has 3 aromatic heterocycles. The van der Waals surface area contributed by atoms with E-state index in [4.69, 9.17) is 0 Å². The molecule has 1 saturated heterocycles. The van der Waals surface area contributed by atoms with Crippen molar-refractivity contribution < 1.29 is 22.4 Å². The first-order chi connectivity index (χ1) is 20.0. The van der Waals surface area contributed by atoms with Gasteiger partial charge < -0.3 is 15.1 Å². The van der Waals surface area contributed by atoms with E-state index in [9.17, 15) is 18.0 Å². The summed E-state index contributed by atoms with van der Waals surface area (Å²) in [5, 5.41) is 6.79. The lowest BCUT2D eigenvalue weighted by molar-refractivity contribution is -0.141. The molecule has 0 spiro atoms. The normalized spacial score (nSPS) is 14.0. The second-order valence-electron chi connectivity index (χ2n) is 10.1. The molecule has 0 bridgehead atoms.